The molecule has 10 heteroatoms. The molecule has 1 saturated heterocycles. The molecule has 1 amide bonds. The zero-order valence-corrected chi connectivity index (χ0v) is 18.8. The lowest BCUT2D eigenvalue weighted by Crippen LogP contribution is -2.50. The number of alkyl halides is 3. The highest BCUT2D eigenvalue weighted by Crippen LogP contribution is 2.32. The van der Waals surface area contributed by atoms with E-state index in [1.807, 2.05) is 19.9 Å². The second-order valence-electron chi connectivity index (χ2n) is 7.88. The number of amides is 1. The van der Waals surface area contributed by atoms with Crippen molar-refractivity contribution in [3.05, 3.63) is 64.7 Å². The van der Waals surface area contributed by atoms with Gasteiger partial charge in [0.25, 0.3) is 5.91 Å². The lowest BCUT2D eigenvalue weighted by atomic mass is 10.1. The Labute approximate surface area is 186 Å². The molecule has 0 bridgehead atoms. The van der Waals surface area contributed by atoms with Crippen LogP contribution in [0.1, 0.15) is 27.0 Å². The number of hydrogen-bond donors (Lipinski definition) is 1. The van der Waals surface area contributed by atoms with Crippen molar-refractivity contribution in [2.45, 2.75) is 20.0 Å². The average Bonchev–Trinajstić information content (AvgIpc) is 2.72. The normalized spacial score (nSPS) is 15.6. The molecule has 174 valence electrons. The molecule has 32 heavy (non-hydrogen) atoms. The summed E-state index contributed by atoms with van der Waals surface area (Å²) in [5.41, 5.74) is 2.06. The first kappa shape index (κ1) is 24.1. The van der Waals surface area contributed by atoms with Gasteiger partial charge in [-0.15, -0.1) is 0 Å². The van der Waals surface area contributed by atoms with Gasteiger partial charge in [-0.2, -0.15) is 17.5 Å². The summed E-state index contributed by atoms with van der Waals surface area (Å²) < 4.78 is 65.4. The van der Waals surface area contributed by atoms with E-state index in [1.54, 1.807) is 23.1 Å². The standard InChI is InChI=1S/C22H26F3N3O3S/c1-16-12-17(2)14-18(13-16)21(29)26-6-11-32(30,31)28-9-7-27(8-10-28)20-5-3-4-19(15-20)22(23,24)25/h3-5,12-15H,6-11H2,1-2H3,(H,26,29). The van der Waals surface area contributed by atoms with Crippen LogP contribution < -0.4 is 10.2 Å². The number of benzene rings is 2. The van der Waals surface area contributed by atoms with E-state index in [9.17, 15) is 26.4 Å². The van der Waals surface area contributed by atoms with E-state index in [4.69, 9.17) is 0 Å². The number of aryl methyl sites for hydroxylation is 2. The van der Waals surface area contributed by atoms with Crippen molar-refractivity contribution >= 4 is 21.6 Å². The summed E-state index contributed by atoms with van der Waals surface area (Å²) in [5.74, 6) is -0.575. The first-order valence-electron chi connectivity index (χ1n) is 10.2. The average molecular weight is 470 g/mol. The van der Waals surface area contributed by atoms with E-state index in [0.29, 0.717) is 11.3 Å². The Morgan fingerprint density at radius 1 is 1.00 bits per heavy atom. The summed E-state index contributed by atoms with van der Waals surface area (Å²) in [7, 11) is -3.60. The highest BCUT2D eigenvalue weighted by molar-refractivity contribution is 7.89. The monoisotopic (exact) mass is 469 g/mol. The molecule has 0 radical (unpaired) electrons. The molecule has 1 N–H and O–H groups in total. The number of halogens is 3. The van der Waals surface area contributed by atoms with Crippen LogP contribution in [0.15, 0.2) is 42.5 Å². The number of nitrogens with one attached hydrogen (secondary N) is 1. The highest BCUT2D eigenvalue weighted by atomic mass is 32.2. The van der Waals surface area contributed by atoms with Crippen molar-refractivity contribution in [1.82, 2.24) is 9.62 Å². The minimum Gasteiger partial charge on any atom is -0.369 e. The Balaban J connectivity index is 1.53. The van der Waals surface area contributed by atoms with Gasteiger partial charge in [-0.1, -0.05) is 23.3 Å². The maximum absolute atomic E-state index is 12.9. The van der Waals surface area contributed by atoms with Crippen LogP contribution >= 0.6 is 0 Å². The third kappa shape index (κ3) is 6.01. The second kappa shape index (κ2) is 9.50. The van der Waals surface area contributed by atoms with Crippen LogP contribution in [0.5, 0.6) is 0 Å². The van der Waals surface area contributed by atoms with Crippen LogP contribution in [0.3, 0.4) is 0 Å². The highest BCUT2D eigenvalue weighted by Gasteiger charge is 2.32. The fourth-order valence-corrected chi connectivity index (χ4v) is 5.07. The third-order valence-corrected chi connectivity index (χ3v) is 7.17. The predicted molar refractivity (Wildman–Crippen MR) is 117 cm³/mol. The molecule has 0 aromatic heterocycles. The zero-order chi connectivity index (χ0) is 23.5. The predicted octanol–water partition coefficient (Wildman–Crippen LogP) is 3.20. The van der Waals surface area contributed by atoms with Crippen LogP contribution in [-0.2, 0) is 16.2 Å². The van der Waals surface area contributed by atoms with Gasteiger partial charge < -0.3 is 10.2 Å². The lowest BCUT2D eigenvalue weighted by Gasteiger charge is -2.35. The number of carbonyl (C=O) groups is 1. The Kier molecular flexibility index (Phi) is 7.14. The van der Waals surface area contributed by atoms with E-state index in [0.717, 1.165) is 23.3 Å². The van der Waals surface area contributed by atoms with Crippen molar-refractivity contribution in [3.8, 4) is 0 Å². The number of anilines is 1. The third-order valence-electron chi connectivity index (χ3n) is 5.30. The van der Waals surface area contributed by atoms with Gasteiger partial charge in [0.05, 0.1) is 11.3 Å². The molecule has 2 aromatic carbocycles. The molecule has 0 aliphatic carbocycles. The number of sulfonamides is 1. The number of piperazine rings is 1. The summed E-state index contributed by atoms with van der Waals surface area (Å²) in [5, 5.41) is 2.64. The van der Waals surface area contributed by atoms with Crippen molar-refractivity contribution in [2.24, 2.45) is 0 Å². The number of nitrogens with zero attached hydrogens (tertiary/aromatic N) is 2. The summed E-state index contributed by atoms with van der Waals surface area (Å²) in [6.45, 7) is 4.65. The minimum absolute atomic E-state index is 0.0258. The van der Waals surface area contributed by atoms with Gasteiger partial charge in [0.1, 0.15) is 0 Å². The molecule has 3 rings (SSSR count). The molecule has 2 aromatic rings. The van der Waals surface area contributed by atoms with Gasteiger partial charge in [0, 0.05) is 44.0 Å². The summed E-state index contributed by atoms with van der Waals surface area (Å²) >= 11 is 0. The molecule has 6 nitrogen and oxygen atoms in total. The zero-order valence-electron chi connectivity index (χ0n) is 17.9. The molecule has 1 aliphatic heterocycles. The maximum Gasteiger partial charge on any atom is 0.416 e. The molecule has 0 atom stereocenters. The van der Waals surface area contributed by atoms with Gasteiger partial charge in [-0.25, -0.2) is 8.42 Å². The molecule has 0 unspecified atom stereocenters. The minimum atomic E-state index is -4.43. The van der Waals surface area contributed by atoms with Crippen molar-refractivity contribution in [1.29, 1.82) is 0 Å². The first-order valence-corrected chi connectivity index (χ1v) is 11.8. The van der Waals surface area contributed by atoms with Crippen molar-refractivity contribution in [2.75, 3.05) is 43.4 Å². The number of rotatable bonds is 6. The maximum atomic E-state index is 12.9. The van der Waals surface area contributed by atoms with Gasteiger partial charge >= 0.3 is 6.18 Å². The SMILES string of the molecule is Cc1cc(C)cc(C(=O)NCCS(=O)(=O)N2CCN(c3cccc(C(F)(F)F)c3)CC2)c1. The van der Waals surface area contributed by atoms with E-state index in [-0.39, 0.29) is 44.4 Å². The number of carbonyl (C=O) groups excluding carboxylic acids is 1. The lowest BCUT2D eigenvalue weighted by molar-refractivity contribution is -0.137. The molecule has 1 heterocycles. The van der Waals surface area contributed by atoms with Gasteiger partial charge in [0.2, 0.25) is 10.0 Å². The second-order valence-corrected chi connectivity index (χ2v) is 9.97. The van der Waals surface area contributed by atoms with Gasteiger partial charge in [-0.05, 0) is 44.2 Å². The topological polar surface area (TPSA) is 69.7 Å². The molecule has 1 fully saturated rings. The largest absolute Gasteiger partial charge is 0.416 e. The van der Waals surface area contributed by atoms with E-state index >= 15 is 0 Å². The molecule has 1 aliphatic rings. The van der Waals surface area contributed by atoms with E-state index in [2.05, 4.69) is 5.32 Å². The summed E-state index contributed by atoms with van der Waals surface area (Å²) in [4.78, 5) is 14.0. The summed E-state index contributed by atoms with van der Waals surface area (Å²) in [6.07, 6.45) is -4.43. The number of hydrogen-bond acceptors (Lipinski definition) is 4. The van der Waals surface area contributed by atoms with Crippen LogP contribution in [0.4, 0.5) is 18.9 Å². The molecular formula is C22H26F3N3O3S. The van der Waals surface area contributed by atoms with Crippen LogP contribution in [-0.4, -0.2) is 57.1 Å². The Morgan fingerprint density at radius 3 is 2.22 bits per heavy atom. The van der Waals surface area contributed by atoms with Crippen molar-refractivity contribution < 1.29 is 26.4 Å². The van der Waals surface area contributed by atoms with Gasteiger partial charge in [-0.3, -0.25) is 4.79 Å². The fourth-order valence-electron chi connectivity index (χ4n) is 3.73. The smallest absolute Gasteiger partial charge is 0.369 e. The molecule has 0 spiro atoms. The first-order chi connectivity index (χ1) is 15.0. The molecule has 0 saturated carbocycles. The van der Waals surface area contributed by atoms with Gasteiger partial charge in [0.15, 0.2) is 0 Å². The van der Waals surface area contributed by atoms with Crippen molar-refractivity contribution in [3.63, 3.8) is 0 Å². The van der Waals surface area contributed by atoms with Crippen LogP contribution in [0.25, 0.3) is 0 Å². The van der Waals surface area contributed by atoms with Crippen LogP contribution in [0.2, 0.25) is 0 Å². The Hall–Kier alpha value is -2.59. The Morgan fingerprint density at radius 2 is 1.62 bits per heavy atom. The molecular weight excluding hydrogens is 443 g/mol. The van der Waals surface area contributed by atoms with Crippen LogP contribution in [0, 0.1) is 13.8 Å². The fraction of sp³-hybridized carbons (Fsp3) is 0.409. The summed E-state index contributed by atoms with van der Waals surface area (Å²) in [6, 6.07) is 10.4. The van der Waals surface area contributed by atoms with E-state index < -0.39 is 21.8 Å². The quantitative estimate of drug-likeness (QED) is 0.706. The Bertz CT molecular complexity index is 1060. The van der Waals surface area contributed by atoms with E-state index in [1.165, 1.54) is 10.4 Å².